The van der Waals surface area contributed by atoms with Crippen LogP contribution in [0.1, 0.15) is 29.9 Å². The van der Waals surface area contributed by atoms with Crippen LogP contribution >= 0.6 is 11.8 Å². The number of methoxy groups -OCH3 is 1. The van der Waals surface area contributed by atoms with Gasteiger partial charge in [-0.2, -0.15) is 0 Å². The molecule has 1 atom stereocenters. The number of rotatable bonds is 2. The maximum absolute atomic E-state index is 11.6. The van der Waals surface area contributed by atoms with Gasteiger partial charge in [0.15, 0.2) is 0 Å². The second-order valence-electron chi connectivity index (χ2n) is 4.82. The Balaban J connectivity index is 2.06. The summed E-state index contributed by atoms with van der Waals surface area (Å²) in [4.78, 5) is 12.9. The molecule has 1 aromatic rings. The predicted octanol–water partition coefficient (Wildman–Crippen LogP) is 3.83. The van der Waals surface area contributed by atoms with Gasteiger partial charge in [-0.3, -0.25) is 0 Å². The van der Waals surface area contributed by atoms with E-state index in [1.54, 1.807) is 18.9 Å². The number of carbonyl (C=O) groups is 1. The highest BCUT2D eigenvalue weighted by Crippen LogP contribution is 2.43. The minimum Gasteiger partial charge on any atom is -0.497 e. The Hall–Kier alpha value is -1.48. The van der Waals surface area contributed by atoms with E-state index in [9.17, 15) is 4.79 Å². The zero-order valence-electron chi connectivity index (χ0n) is 10.9. The molecule has 1 heterocycles. The second kappa shape index (κ2) is 5.25. The molecule has 0 radical (unpaired) electrons. The average Bonchev–Trinajstić information content (AvgIpc) is 2.99. The van der Waals surface area contributed by atoms with Gasteiger partial charge in [0.1, 0.15) is 12.0 Å². The molecule has 1 aliphatic carbocycles. The summed E-state index contributed by atoms with van der Waals surface area (Å²) in [5, 5.41) is 2.12. The molecule has 3 rings (SSSR count). The largest absolute Gasteiger partial charge is 0.497 e. The van der Waals surface area contributed by atoms with Gasteiger partial charge in [0.05, 0.1) is 13.0 Å². The summed E-state index contributed by atoms with van der Waals surface area (Å²) in [6.45, 7) is 0. The minimum atomic E-state index is -0.0961. The third-order valence-corrected chi connectivity index (χ3v) is 4.87. The average molecular weight is 272 g/mol. The number of ether oxygens (including phenoxy) is 1. The van der Waals surface area contributed by atoms with Crippen molar-refractivity contribution in [2.24, 2.45) is 0 Å². The van der Waals surface area contributed by atoms with E-state index in [1.165, 1.54) is 16.0 Å². The lowest BCUT2D eigenvalue weighted by atomic mass is 9.79. The van der Waals surface area contributed by atoms with Crippen LogP contribution in [0.4, 0.5) is 0 Å². The number of thioether (sulfide) groups is 1. The van der Waals surface area contributed by atoms with Crippen molar-refractivity contribution >= 4 is 18.0 Å². The third-order valence-electron chi connectivity index (χ3n) is 3.83. The molecule has 1 aliphatic heterocycles. The summed E-state index contributed by atoms with van der Waals surface area (Å²) in [5.41, 5.74) is 3.69. The Kier molecular flexibility index (Phi) is 3.47. The van der Waals surface area contributed by atoms with Crippen molar-refractivity contribution in [2.75, 3.05) is 7.11 Å². The van der Waals surface area contributed by atoms with E-state index in [0.717, 1.165) is 36.9 Å². The van der Waals surface area contributed by atoms with Crippen molar-refractivity contribution in [3.05, 3.63) is 51.3 Å². The zero-order valence-corrected chi connectivity index (χ0v) is 11.7. The van der Waals surface area contributed by atoms with E-state index in [2.05, 4.69) is 17.6 Å². The SMILES string of the molecule is COc1ccc2c(c1)C(C=O)C(=C1CC=CS1)CC2. The van der Waals surface area contributed by atoms with Crippen molar-refractivity contribution < 1.29 is 9.53 Å². The number of carbonyl (C=O) groups excluding carboxylic acids is 1. The van der Waals surface area contributed by atoms with Gasteiger partial charge in [-0.1, -0.05) is 12.1 Å². The molecular weight excluding hydrogens is 256 g/mol. The summed E-state index contributed by atoms with van der Waals surface area (Å²) in [6.07, 6.45) is 6.23. The van der Waals surface area contributed by atoms with Crippen LogP contribution < -0.4 is 4.74 Å². The quantitative estimate of drug-likeness (QED) is 0.765. The van der Waals surface area contributed by atoms with Crippen LogP contribution in [0.25, 0.3) is 0 Å². The van der Waals surface area contributed by atoms with Gasteiger partial charge in [0.25, 0.3) is 0 Å². The molecule has 0 saturated heterocycles. The fourth-order valence-electron chi connectivity index (χ4n) is 2.84. The van der Waals surface area contributed by atoms with Crippen LogP contribution in [-0.2, 0) is 11.2 Å². The van der Waals surface area contributed by atoms with Gasteiger partial charge in [0, 0.05) is 0 Å². The van der Waals surface area contributed by atoms with Gasteiger partial charge < -0.3 is 9.53 Å². The van der Waals surface area contributed by atoms with Crippen molar-refractivity contribution in [3.8, 4) is 5.75 Å². The van der Waals surface area contributed by atoms with Crippen molar-refractivity contribution in [2.45, 2.75) is 25.2 Å². The number of benzene rings is 1. The lowest BCUT2D eigenvalue weighted by Gasteiger charge is -2.26. The van der Waals surface area contributed by atoms with E-state index >= 15 is 0 Å². The molecule has 2 aliphatic rings. The summed E-state index contributed by atoms with van der Waals surface area (Å²) in [6, 6.07) is 6.08. The molecule has 0 bridgehead atoms. The van der Waals surface area contributed by atoms with E-state index in [1.807, 2.05) is 12.1 Å². The first kappa shape index (κ1) is 12.5. The van der Waals surface area contributed by atoms with E-state index in [4.69, 9.17) is 4.74 Å². The van der Waals surface area contributed by atoms with E-state index in [-0.39, 0.29) is 5.92 Å². The fourth-order valence-corrected chi connectivity index (χ4v) is 3.77. The molecule has 19 heavy (non-hydrogen) atoms. The van der Waals surface area contributed by atoms with Crippen molar-refractivity contribution in [1.29, 1.82) is 0 Å². The summed E-state index contributed by atoms with van der Waals surface area (Å²) in [7, 11) is 1.66. The molecule has 0 spiro atoms. The number of aldehydes is 1. The topological polar surface area (TPSA) is 26.3 Å². The Bertz CT molecular complexity index is 562. The van der Waals surface area contributed by atoms with Crippen LogP contribution in [0, 0.1) is 0 Å². The van der Waals surface area contributed by atoms with Crippen LogP contribution in [0.2, 0.25) is 0 Å². The standard InChI is InChI=1S/C16H16O2S/c1-18-12-6-4-11-5-7-13(16-3-2-8-19-16)15(10-17)14(11)9-12/h2,4,6,8-10,15H,3,5,7H2,1H3. The van der Waals surface area contributed by atoms with Gasteiger partial charge in [-0.15, -0.1) is 11.8 Å². The highest BCUT2D eigenvalue weighted by molar-refractivity contribution is 8.06. The lowest BCUT2D eigenvalue weighted by molar-refractivity contribution is -0.108. The summed E-state index contributed by atoms with van der Waals surface area (Å²) < 4.78 is 5.28. The van der Waals surface area contributed by atoms with Gasteiger partial charge in [-0.25, -0.2) is 0 Å². The predicted molar refractivity (Wildman–Crippen MR) is 78.5 cm³/mol. The zero-order chi connectivity index (χ0) is 13.2. The number of fused-ring (bicyclic) bond motifs is 1. The Labute approximate surface area is 117 Å². The molecule has 0 aromatic heterocycles. The smallest absolute Gasteiger partial charge is 0.131 e. The van der Waals surface area contributed by atoms with Gasteiger partial charge in [0.2, 0.25) is 0 Å². The molecule has 0 saturated carbocycles. The normalized spacial score (nSPS) is 25.2. The molecule has 1 unspecified atom stereocenters. The Morgan fingerprint density at radius 1 is 1.37 bits per heavy atom. The molecule has 0 fully saturated rings. The van der Waals surface area contributed by atoms with Crippen LogP contribution in [0.3, 0.4) is 0 Å². The summed E-state index contributed by atoms with van der Waals surface area (Å²) in [5.74, 6) is 0.732. The highest BCUT2D eigenvalue weighted by Gasteiger charge is 2.27. The monoisotopic (exact) mass is 272 g/mol. The summed E-state index contributed by atoms with van der Waals surface area (Å²) >= 11 is 1.76. The molecule has 2 nitrogen and oxygen atoms in total. The highest BCUT2D eigenvalue weighted by atomic mass is 32.2. The van der Waals surface area contributed by atoms with Crippen molar-refractivity contribution in [3.63, 3.8) is 0 Å². The number of allylic oxidation sites excluding steroid dienone is 3. The first-order valence-corrected chi connectivity index (χ1v) is 7.37. The van der Waals surface area contributed by atoms with Crippen LogP contribution in [0.5, 0.6) is 5.75 Å². The molecule has 98 valence electrons. The van der Waals surface area contributed by atoms with Crippen LogP contribution in [-0.4, -0.2) is 13.4 Å². The second-order valence-corrected chi connectivity index (χ2v) is 5.82. The Morgan fingerprint density at radius 2 is 2.26 bits per heavy atom. The van der Waals surface area contributed by atoms with Gasteiger partial charge >= 0.3 is 0 Å². The molecular formula is C16H16O2S. The number of aryl methyl sites for hydroxylation is 1. The third kappa shape index (κ3) is 2.23. The first-order valence-electron chi connectivity index (χ1n) is 6.49. The van der Waals surface area contributed by atoms with Gasteiger partial charge in [-0.05, 0) is 58.4 Å². The maximum Gasteiger partial charge on any atom is 0.131 e. The minimum absolute atomic E-state index is 0.0961. The number of hydrogen-bond donors (Lipinski definition) is 0. The van der Waals surface area contributed by atoms with E-state index in [0.29, 0.717) is 0 Å². The fraction of sp³-hybridized carbons (Fsp3) is 0.312. The maximum atomic E-state index is 11.6. The molecule has 3 heteroatoms. The molecule has 1 aromatic carbocycles. The first-order chi connectivity index (χ1) is 9.33. The van der Waals surface area contributed by atoms with Crippen LogP contribution in [0.15, 0.2) is 40.2 Å². The molecule has 0 amide bonds. The van der Waals surface area contributed by atoms with E-state index < -0.39 is 0 Å². The Morgan fingerprint density at radius 3 is 2.95 bits per heavy atom. The number of hydrogen-bond acceptors (Lipinski definition) is 3. The molecule has 0 N–H and O–H groups in total. The van der Waals surface area contributed by atoms with Crippen molar-refractivity contribution in [1.82, 2.24) is 0 Å². The lowest BCUT2D eigenvalue weighted by Crippen LogP contribution is -2.15.